The van der Waals surface area contributed by atoms with E-state index in [4.69, 9.17) is 34.5 Å². The van der Waals surface area contributed by atoms with E-state index in [1.165, 1.54) is 0 Å². The number of nitrogens with two attached hydrogens (primary N) is 1. The quantitative estimate of drug-likeness (QED) is 0.0314. The molecular formula is C47H82F3N5O9. The second kappa shape index (κ2) is 23.1. The molecule has 13 atom stereocenters. The lowest BCUT2D eigenvalue weighted by molar-refractivity contribution is -0.413. The van der Waals surface area contributed by atoms with Crippen LogP contribution in [0.2, 0.25) is 0 Å². The number of carbonyl (C=O) groups excluding carboxylic acids is 1. The molecule has 0 aromatic rings. The summed E-state index contributed by atoms with van der Waals surface area (Å²) in [6.45, 7) is 15.2. The Morgan fingerprint density at radius 3 is 2.38 bits per heavy atom. The van der Waals surface area contributed by atoms with Gasteiger partial charge in [0.2, 0.25) is 18.0 Å². The molecule has 0 aromatic heterocycles. The van der Waals surface area contributed by atoms with Gasteiger partial charge in [0.05, 0.1) is 31.3 Å². The summed E-state index contributed by atoms with van der Waals surface area (Å²) in [5.74, 6) is -2.12. The molecule has 0 radical (unpaired) electrons. The van der Waals surface area contributed by atoms with E-state index < -0.39 is 47.2 Å². The van der Waals surface area contributed by atoms with Crippen LogP contribution >= 0.6 is 0 Å². The first kappa shape index (κ1) is 51.7. The van der Waals surface area contributed by atoms with Crippen molar-refractivity contribution in [1.29, 1.82) is 0 Å². The number of allylic oxidation sites excluding steroid dienone is 1. The van der Waals surface area contributed by atoms with E-state index in [0.717, 1.165) is 77.5 Å². The fourth-order valence-corrected chi connectivity index (χ4v) is 12.7. The lowest BCUT2D eigenvalue weighted by atomic mass is 9.59. The number of nitrogens with zero attached hydrogens (tertiary/aromatic N) is 1. The Morgan fingerprint density at radius 1 is 0.938 bits per heavy atom. The third-order valence-corrected chi connectivity index (χ3v) is 16.1. The zero-order valence-electron chi connectivity index (χ0n) is 39.4. The fraction of sp³-hybridized carbons (Fsp3) is 0.936. The molecule has 2 saturated carbocycles. The maximum absolute atomic E-state index is 15.2. The van der Waals surface area contributed by atoms with Crippen LogP contribution in [0.5, 0.6) is 0 Å². The summed E-state index contributed by atoms with van der Waals surface area (Å²) in [7, 11) is 0. The summed E-state index contributed by atoms with van der Waals surface area (Å²) < 4.78 is 70.6. The molecule has 7 N–H and O–H groups in total. The van der Waals surface area contributed by atoms with Gasteiger partial charge >= 0.3 is 6.18 Å². The Balaban J connectivity index is 1.13. The molecule has 17 heteroatoms. The summed E-state index contributed by atoms with van der Waals surface area (Å²) in [4.78, 5) is 26.0. The van der Waals surface area contributed by atoms with E-state index in [-0.39, 0.29) is 73.4 Å². The molecule has 0 spiro atoms. The summed E-state index contributed by atoms with van der Waals surface area (Å²) in [6.07, 6.45) is 4.67. The van der Waals surface area contributed by atoms with Crippen molar-refractivity contribution in [3.63, 3.8) is 0 Å². The molecule has 5 heterocycles. The maximum Gasteiger partial charge on any atom is 0.449 e. The minimum Gasteiger partial charge on any atom is -0.459 e. The lowest BCUT2D eigenvalue weighted by Gasteiger charge is -2.60. The number of unbranched alkanes of at least 4 members (excludes halogenated alkanes) is 1. The molecule has 5 bridgehead atoms. The first-order valence-electron chi connectivity index (χ1n) is 24.8. The number of hydrogen-bond donors (Lipinski definition) is 6. The van der Waals surface area contributed by atoms with Crippen molar-refractivity contribution >= 4 is 5.91 Å². The standard InChI is InChI=1S/C47H82F3N5O9/c1-31-16-19-45-39(42(47(48,49)50)60-43-41(45)36(31)17-18-44(5,61-43)63-45)28-55(29-40(56)54-25-10-24-53-22-7-6-21-52-23-9-20-51)26-8-11-35(62-57)27-33(3)38-14-12-32(2)37-15-13-34(4)59-30-46(37,38)64-58/h31-38,41,43,52-53,57-58H,6-30,51H2,1-5H3,(H,54,56). The Bertz CT molecular complexity index is 1520. The van der Waals surface area contributed by atoms with Crippen LogP contribution in [0.15, 0.2) is 11.3 Å². The molecule has 7 aliphatic rings. The van der Waals surface area contributed by atoms with Gasteiger partial charge in [0.1, 0.15) is 11.2 Å². The Hall–Kier alpha value is -1.64. The third-order valence-electron chi connectivity index (χ3n) is 16.1. The van der Waals surface area contributed by atoms with Crippen molar-refractivity contribution in [3.8, 4) is 0 Å². The Labute approximate surface area is 379 Å². The van der Waals surface area contributed by atoms with Gasteiger partial charge in [-0.15, -0.1) is 0 Å². The van der Waals surface area contributed by atoms with Crippen molar-refractivity contribution in [2.75, 3.05) is 65.5 Å². The Kier molecular flexibility index (Phi) is 18.7. The molecule has 13 unspecified atom stereocenters. The molecule has 4 saturated heterocycles. The van der Waals surface area contributed by atoms with Crippen LogP contribution in [0, 0.1) is 41.4 Å². The van der Waals surface area contributed by atoms with Gasteiger partial charge in [-0.2, -0.15) is 13.2 Å². The van der Waals surface area contributed by atoms with Gasteiger partial charge in [0, 0.05) is 25.1 Å². The van der Waals surface area contributed by atoms with E-state index in [1.807, 2.05) is 13.8 Å². The van der Waals surface area contributed by atoms with Gasteiger partial charge in [-0.3, -0.25) is 20.2 Å². The molecule has 6 fully saturated rings. The number of alkyl halides is 3. The highest BCUT2D eigenvalue weighted by atomic mass is 19.4. The van der Waals surface area contributed by atoms with Crippen LogP contribution < -0.4 is 21.7 Å². The maximum atomic E-state index is 15.2. The molecule has 2 aliphatic carbocycles. The number of ether oxygens (including phenoxy) is 4. The molecule has 370 valence electrons. The van der Waals surface area contributed by atoms with E-state index in [9.17, 15) is 15.3 Å². The summed E-state index contributed by atoms with van der Waals surface area (Å²) in [5, 5.41) is 30.6. The van der Waals surface area contributed by atoms with E-state index in [0.29, 0.717) is 64.0 Å². The van der Waals surface area contributed by atoms with E-state index in [2.05, 4.69) is 36.7 Å². The number of hydrogen-bond acceptors (Lipinski definition) is 13. The average molecular weight is 918 g/mol. The molecular weight excluding hydrogens is 836 g/mol. The molecule has 0 aromatic carbocycles. The van der Waals surface area contributed by atoms with Gasteiger partial charge in [-0.25, -0.2) is 9.78 Å². The van der Waals surface area contributed by atoms with Gasteiger partial charge in [-0.1, -0.05) is 20.8 Å². The normalized spacial score (nSPS) is 35.9. The molecule has 1 amide bonds. The van der Waals surface area contributed by atoms with Gasteiger partial charge < -0.3 is 40.6 Å². The molecule has 5 aliphatic heterocycles. The smallest absolute Gasteiger partial charge is 0.449 e. The molecule has 14 nitrogen and oxygen atoms in total. The second-order valence-electron chi connectivity index (χ2n) is 20.6. The first-order valence-corrected chi connectivity index (χ1v) is 24.8. The van der Waals surface area contributed by atoms with E-state index in [1.54, 1.807) is 4.90 Å². The summed E-state index contributed by atoms with van der Waals surface area (Å²) in [5.41, 5.74) is 3.47. The predicted octanol–water partition coefficient (Wildman–Crippen LogP) is 6.99. The summed E-state index contributed by atoms with van der Waals surface area (Å²) >= 11 is 0. The van der Waals surface area contributed by atoms with Crippen molar-refractivity contribution in [1.82, 2.24) is 20.9 Å². The fourth-order valence-electron chi connectivity index (χ4n) is 12.7. The van der Waals surface area contributed by atoms with Crippen LogP contribution in [0.1, 0.15) is 131 Å². The lowest BCUT2D eigenvalue weighted by Crippen LogP contribution is -2.67. The minimum absolute atomic E-state index is 0.0184. The van der Waals surface area contributed by atoms with Gasteiger partial charge in [0.25, 0.3) is 0 Å². The highest BCUT2D eigenvalue weighted by molar-refractivity contribution is 5.78. The largest absolute Gasteiger partial charge is 0.459 e. The summed E-state index contributed by atoms with van der Waals surface area (Å²) in [6, 6.07) is 0. The highest BCUT2D eigenvalue weighted by Gasteiger charge is 2.69. The predicted molar refractivity (Wildman–Crippen MR) is 236 cm³/mol. The van der Waals surface area contributed by atoms with Crippen molar-refractivity contribution in [3.05, 3.63) is 11.3 Å². The molecule has 64 heavy (non-hydrogen) atoms. The second-order valence-corrected chi connectivity index (χ2v) is 20.6. The van der Waals surface area contributed by atoms with Crippen molar-refractivity contribution < 1.29 is 57.2 Å². The van der Waals surface area contributed by atoms with Crippen molar-refractivity contribution in [2.45, 2.75) is 173 Å². The minimum atomic E-state index is -4.81. The number of carbonyl (C=O) groups is 1. The SMILES string of the molecule is CC1CCC2C(C)CCC(C(C)CC(CCCN(CC(=O)NCCCNCCCCNCCCN)CC3=C(C(F)(F)F)OC4OC5(C)CCC6C(C)CCC3(O5)C46)OO)C2(OO)CO1. The van der Waals surface area contributed by atoms with E-state index >= 15 is 13.2 Å². The van der Waals surface area contributed by atoms with Crippen LogP contribution in [-0.4, -0.2) is 128 Å². The highest BCUT2D eigenvalue weighted by Crippen LogP contribution is 2.63. The number of fused-ring (bicyclic) bond motifs is 2. The zero-order valence-corrected chi connectivity index (χ0v) is 39.4. The topological polar surface area (TPSA) is 178 Å². The number of halogens is 3. The van der Waals surface area contributed by atoms with Crippen LogP contribution in [0.25, 0.3) is 0 Å². The third kappa shape index (κ3) is 12.1. The Morgan fingerprint density at radius 2 is 1.67 bits per heavy atom. The van der Waals surface area contributed by atoms with Crippen LogP contribution in [0.3, 0.4) is 0 Å². The zero-order chi connectivity index (χ0) is 46.1. The first-order chi connectivity index (χ1) is 30.6. The average Bonchev–Trinajstić information content (AvgIpc) is 3.57. The van der Waals surface area contributed by atoms with Gasteiger partial charge in [-0.05, 0) is 179 Å². The van der Waals surface area contributed by atoms with Crippen molar-refractivity contribution in [2.24, 2.45) is 47.2 Å². The number of rotatable bonds is 25. The molecule has 7 rings (SSSR count). The van der Waals surface area contributed by atoms with Crippen LogP contribution in [0.4, 0.5) is 13.2 Å². The van der Waals surface area contributed by atoms with Gasteiger partial charge in [0.15, 0.2) is 5.79 Å². The monoisotopic (exact) mass is 918 g/mol. The number of nitrogens with one attached hydrogen (secondary N) is 3. The van der Waals surface area contributed by atoms with Crippen LogP contribution in [-0.2, 0) is 33.5 Å². The number of amides is 1.